The molecule has 3 rings (SSSR count). The fraction of sp³-hybridized carbons (Fsp3) is 0.684. The Bertz CT molecular complexity index is 808. The number of sulfonamides is 1. The molecule has 1 unspecified atom stereocenters. The topological polar surface area (TPSA) is 102 Å². The number of anilines is 1. The van der Waals surface area contributed by atoms with Gasteiger partial charge in [0, 0.05) is 36.7 Å². The lowest BCUT2D eigenvalue weighted by Gasteiger charge is -2.39. The van der Waals surface area contributed by atoms with E-state index in [-0.39, 0.29) is 29.0 Å². The zero-order valence-corrected chi connectivity index (χ0v) is 16.6. The standard InChI is InChI=1S/C19H27F2N3O3S/c20-19(21)9-7-15(13-5-3-1-2-4-6-13)16(12-19)18(25)24-14-8-10-23-17(11-14)28(22,26)27/h8,10-11,13,15-16H,1-7,9,12H2,(H2,22,26,27)(H,23,24,25)/t15?,16-/m1/s1. The molecular weight excluding hydrogens is 388 g/mol. The molecule has 2 fully saturated rings. The van der Waals surface area contributed by atoms with Gasteiger partial charge >= 0.3 is 0 Å². The lowest BCUT2D eigenvalue weighted by molar-refractivity contribution is -0.134. The van der Waals surface area contributed by atoms with Gasteiger partial charge in [-0.2, -0.15) is 0 Å². The molecule has 1 heterocycles. The van der Waals surface area contributed by atoms with Crippen LogP contribution in [0.2, 0.25) is 0 Å². The first kappa shape index (κ1) is 21.1. The van der Waals surface area contributed by atoms with Gasteiger partial charge in [0.25, 0.3) is 10.0 Å². The highest BCUT2D eigenvalue weighted by atomic mass is 32.2. The number of pyridine rings is 1. The maximum atomic E-state index is 14.1. The van der Waals surface area contributed by atoms with Gasteiger partial charge in [-0.3, -0.25) is 4.79 Å². The number of halogens is 2. The largest absolute Gasteiger partial charge is 0.326 e. The maximum absolute atomic E-state index is 14.1. The van der Waals surface area contributed by atoms with Crippen LogP contribution < -0.4 is 10.5 Å². The summed E-state index contributed by atoms with van der Waals surface area (Å²) >= 11 is 0. The SMILES string of the molecule is NS(=O)(=O)c1cc(NC(=O)[C@@H]2CC(F)(F)CCC2C2CCCCCC2)ccn1. The number of nitrogens with zero attached hydrogens (tertiary/aromatic N) is 1. The van der Waals surface area contributed by atoms with Crippen LogP contribution in [-0.4, -0.2) is 25.2 Å². The molecule has 9 heteroatoms. The predicted molar refractivity (Wildman–Crippen MR) is 101 cm³/mol. The minimum absolute atomic E-state index is 0.0720. The van der Waals surface area contributed by atoms with Crippen LogP contribution in [0.3, 0.4) is 0 Å². The van der Waals surface area contributed by atoms with Crippen molar-refractivity contribution in [3.05, 3.63) is 18.3 Å². The molecule has 0 bridgehead atoms. The molecule has 1 amide bonds. The highest BCUT2D eigenvalue weighted by molar-refractivity contribution is 7.89. The summed E-state index contributed by atoms with van der Waals surface area (Å²) in [5, 5.41) is 7.31. The third-order valence-electron chi connectivity index (χ3n) is 6.01. The average molecular weight is 416 g/mol. The Balaban J connectivity index is 1.79. The molecule has 2 aliphatic carbocycles. The van der Waals surface area contributed by atoms with Crippen molar-refractivity contribution in [1.29, 1.82) is 0 Å². The van der Waals surface area contributed by atoms with Crippen LogP contribution in [0.4, 0.5) is 14.5 Å². The van der Waals surface area contributed by atoms with Gasteiger partial charge in [0.15, 0.2) is 5.03 Å². The molecule has 156 valence electrons. The molecule has 0 aromatic carbocycles. The number of nitrogens with one attached hydrogen (secondary N) is 1. The zero-order valence-electron chi connectivity index (χ0n) is 15.7. The van der Waals surface area contributed by atoms with Gasteiger partial charge in [0.1, 0.15) is 0 Å². The van der Waals surface area contributed by atoms with Gasteiger partial charge in [-0.05, 0) is 24.3 Å². The summed E-state index contributed by atoms with van der Waals surface area (Å²) in [6, 6.07) is 2.57. The number of nitrogens with two attached hydrogens (primary N) is 1. The second-order valence-electron chi connectivity index (χ2n) is 8.04. The van der Waals surface area contributed by atoms with Crippen molar-refractivity contribution < 1.29 is 22.0 Å². The van der Waals surface area contributed by atoms with Gasteiger partial charge in [-0.25, -0.2) is 27.3 Å². The van der Waals surface area contributed by atoms with Crippen molar-refractivity contribution in [2.24, 2.45) is 22.9 Å². The molecular formula is C19H27F2N3O3S. The Hall–Kier alpha value is -1.61. The summed E-state index contributed by atoms with van der Waals surface area (Å²) in [6.07, 6.45) is 7.34. The van der Waals surface area contributed by atoms with Crippen molar-refractivity contribution >= 4 is 21.6 Å². The second kappa shape index (κ2) is 8.41. The summed E-state index contributed by atoms with van der Waals surface area (Å²) in [5.41, 5.74) is 0.192. The monoisotopic (exact) mass is 415 g/mol. The Morgan fingerprint density at radius 3 is 2.50 bits per heavy atom. The first-order chi connectivity index (χ1) is 13.2. The van der Waals surface area contributed by atoms with E-state index < -0.39 is 34.2 Å². The van der Waals surface area contributed by atoms with Gasteiger partial charge in [0.2, 0.25) is 11.8 Å². The predicted octanol–water partition coefficient (Wildman–Crippen LogP) is 3.69. The lowest BCUT2D eigenvalue weighted by atomic mass is 9.68. The third-order valence-corrected chi connectivity index (χ3v) is 6.82. The zero-order chi connectivity index (χ0) is 20.4. The van der Waals surface area contributed by atoms with Crippen LogP contribution in [0.15, 0.2) is 23.4 Å². The lowest BCUT2D eigenvalue weighted by Crippen LogP contribution is -2.42. The van der Waals surface area contributed by atoms with Crippen molar-refractivity contribution in [1.82, 2.24) is 4.98 Å². The number of amides is 1. The fourth-order valence-corrected chi connectivity index (χ4v) is 5.12. The normalized spacial score (nSPS) is 26.4. The van der Waals surface area contributed by atoms with E-state index in [4.69, 9.17) is 5.14 Å². The van der Waals surface area contributed by atoms with Gasteiger partial charge in [0.05, 0.1) is 0 Å². The van der Waals surface area contributed by atoms with E-state index in [9.17, 15) is 22.0 Å². The van der Waals surface area contributed by atoms with E-state index in [0.717, 1.165) is 44.6 Å². The van der Waals surface area contributed by atoms with Crippen LogP contribution in [0.25, 0.3) is 0 Å². The van der Waals surface area contributed by atoms with E-state index in [1.165, 1.54) is 12.3 Å². The fourth-order valence-electron chi connectivity index (χ4n) is 4.62. The highest BCUT2D eigenvalue weighted by Gasteiger charge is 2.46. The molecule has 0 saturated heterocycles. The van der Waals surface area contributed by atoms with Gasteiger partial charge in [-0.1, -0.05) is 38.5 Å². The summed E-state index contributed by atoms with van der Waals surface area (Å²) in [6.45, 7) is 0. The second-order valence-corrected chi connectivity index (χ2v) is 9.55. The average Bonchev–Trinajstić information content (AvgIpc) is 2.90. The van der Waals surface area contributed by atoms with Crippen LogP contribution in [0.1, 0.15) is 57.8 Å². The number of carbonyl (C=O) groups excluding carboxylic acids is 1. The van der Waals surface area contributed by atoms with Crippen molar-refractivity contribution in [3.8, 4) is 0 Å². The number of primary sulfonamides is 1. The third kappa shape index (κ3) is 5.26. The Labute approximate surface area is 164 Å². The summed E-state index contributed by atoms with van der Waals surface area (Å²) in [7, 11) is -4.02. The Morgan fingerprint density at radius 2 is 1.86 bits per heavy atom. The first-order valence-corrected chi connectivity index (χ1v) is 11.4. The number of hydrogen-bond acceptors (Lipinski definition) is 4. The van der Waals surface area contributed by atoms with E-state index >= 15 is 0 Å². The number of alkyl halides is 2. The molecule has 2 saturated carbocycles. The number of aromatic nitrogens is 1. The van der Waals surface area contributed by atoms with Gasteiger partial charge in [-0.15, -0.1) is 0 Å². The maximum Gasteiger partial charge on any atom is 0.255 e. The minimum Gasteiger partial charge on any atom is -0.326 e. The van der Waals surface area contributed by atoms with E-state index in [1.807, 2.05) is 0 Å². The van der Waals surface area contributed by atoms with E-state index in [2.05, 4.69) is 10.3 Å². The van der Waals surface area contributed by atoms with Crippen LogP contribution >= 0.6 is 0 Å². The molecule has 3 N–H and O–H groups in total. The molecule has 0 aliphatic heterocycles. The quantitative estimate of drug-likeness (QED) is 0.732. The molecule has 6 nitrogen and oxygen atoms in total. The molecule has 0 spiro atoms. The molecule has 2 aliphatic rings. The van der Waals surface area contributed by atoms with Crippen molar-refractivity contribution in [2.45, 2.75) is 68.7 Å². The molecule has 28 heavy (non-hydrogen) atoms. The Morgan fingerprint density at radius 1 is 1.18 bits per heavy atom. The van der Waals surface area contributed by atoms with Crippen molar-refractivity contribution in [3.63, 3.8) is 0 Å². The van der Waals surface area contributed by atoms with E-state index in [0.29, 0.717) is 6.42 Å². The molecule has 1 aromatic rings. The Kier molecular flexibility index (Phi) is 6.34. The highest BCUT2D eigenvalue weighted by Crippen LogP contribution is 2.46. The molecule has 1 aromatic heterocycles. The number of carbonyl (C=O) groups is 1. The minimum atomic E-state index is -4.02. The molecule has 2 atom stereocenters. The van der Waals surface area contributed by atoms with Crippen LogP contribution in [-0.2, 0) is 14.8 Å². The number of rotatable bonds is 4. The van der Waals surface area contributed by atoms with Crippen LogP contribution in [0, 0.1) is 17.8 Å². The summed E-state index contributed by atoms with van der Waals surface area (Å²) in [5.74, 6) is -3.92. The number of hydrogen-bond donors (Lipinski definition) is 2. The summed E-state index contributed by atoms with van der Waals surface area (Å²) < 4.78 is 51.1. The van der Waals surface area contributed by atoms with Crippen molar-refractivity contribution in [2.75, 3.05) is 5.32 Å². The van der Waals surface area contributed by atoms with Gasteiger partial charge < -0.3 is 5.32 Å². The van der Waals surface area contributed by atoms with Crippen LogP contribution in [0.5, 0.6) is 0 Å². The smallest absolute Gasteiger partial charge is 0.255 e. The first-order valence-electron chi connectivity index (χ1n) is 9.83. The van der Waals surface area contributed by atoms with E-state index in [1.54, 1.807) is 0 Å². The summed E-state index contributed by atoms with van der Waals surface area (Å²) in [4.78, 5) is 16.6. The molecule has 0 radical (unpaired) electrons.